The summed E-state index contributed by atoms with van der Waals surface area (Å²) in [6.07, 6.45) is -4.38. The van der Waals surface area contributed by atoms with Crippen molar-refractivity contribution in [2.24, 2.45) is 0 Å². The van der Waals surface area contributed by atoms with Gasteiger partial charge in [-0.05, 0) is 24.6 Å². The molecule has 24 heavy (non-hydrogen) atoms. The van der Waals surface area contributed by atoms with Gasteiger partial charge in [0.1, 0.15) is 0 Å². The molecule has 1 heterocycles. The summed E-state index contributed by atoms with van der Waals surface area (Å²) in [7, 11) is 1.50. The van der Waals surface area contributed by atoms with Crippen LogP contribution in [0.2, 0.25) is 0 Å². The number of nitrogens with one attached hydrogen (secondary N) is 3. The van der Waals surface area contributed by atoms with Crippen molar-refractivity contribution in [3.05, 3.63) is 35.4 Å². The van der Waals surface area contributed by atoms with E-state index >= 15 is 0 Å². The first-order valence-electron chi connectivity index (χ1n) is 7.41. The quantitative estimate of drug-likeness (QED) is 0.786. The van der Waals surface area contributed by atoms with Gasteiger partial charge in [0, 0.05) is 20.1 Å². The SMILES string of the molecule is CNC(=O)NC1CN(C(=O)N[C@H](C)c2ccc(C(F)(F)F)cc2)C1. The van der Waals surface area contributed by atoms with Crippen molar-refractivity contribution in [2.75, 3.05) is 20.1 Å². The number of likely N-dealkylation sites (tertiary alicyclic amines) is 1. The summed E-state index contributed by atoms with van der Waals surface area (Å²) in [5, 5.41) is 7.83. The number of halogens is 3. The number of hydrogen-bond acceptors (Lipinski definition) is 2. The van der Waals surface area contributed by atoms with Crippen molar-refractivity contribution in [1.82, 2.24) is 20.9 Å². The standard InChI is InChI=1S/C15H19F3N4O2/c1-9(10-3-5-11(6-4-10)15(16,17)18)20-14(24)22-7-12(8-22)21-13(23)19-2/h3-6,9,12H,7-8H2,1-2H3,(H,20,24)(H2,19,21,23)/t9-/m1/s1. The minimum atomic E-state index is -4.38. The van der Waals surface area contributed by atoms with Crippen molar-refractivity contribution in [3.63, 3.8) is 0 Å². The molecule has 0 spiro atoms. The Morgan fingerprint density at radius 3 is 2.29 bits per heavy atom. The highest BCUT2D eigenvalue weighted by molar-refractivity contribution is 5.77. The molecular weight excluding hydrogens is 325 g/mol. The molecule has 1 aliphatic heterocycles. The predicted molar refractivity (Wildman–Crippen MR) is 81.3 cm³/mol. The summed E-state index contributed by atoms with van der Waals surface area (Å²) >= 11 is 0. The third-order valence-electron chi connectivity index (χ3n) is 3.81. The van der Waals surface area contributed by atoms with Crippen LogP contribution in [0.3, 0.4) is 0 Å². The predicted octanol–water partition coefficient (Wildman–Crippen LogP) is 2.09. The van der Waals surface area contributed by atoms with Crippen molar-refractivity contribution in [2.45, 2.75) is 25.2 Å². The molecule has 0 bridgehead atoms. The van der Waals surface area contributed by atoms with Crippen LogP contribution in [0.25, 0.3) is 0 Å². The molecule has 1 aromatic rings. The number of carbonyl (C=O) groups is 2. The summed E-state index contributed by atoms with van der Waals surface area (Å²) in [6.45, 7) is 2.47. The highest BCUT2D eigenvalue weighted by Crippen LogP contribution is 2.29. The Bertz CT molecular complexity index is 598. The number of nitrogens with zero attached hydrogens (tertiary/aromatic N) is 1. The molecule has 1 saturated heterocycles. The Labute approximate surface area is 137 Å². The summed E-state index contributed by atoms with van der Waals surface area (Å²) in [6, 6.07) is 3.52. The third-order valence-corrected chi connectivity index (χ3v) is 3.81. The smallest absolute Gasteiger partial charge is 0.341 e. The van der Waals surface area contributed by atoms with E-state index in [9.17, 15) is 22.8 Å². The molecule has 1 aromatic carbocycles. The van der Waals surface area contributed by atoms with Gasteiger partial charge in [-0.2, -0.15) is 13.2 Å². The van der Waals surface area contributed by atoms with E-state index in [1.165, 1.54) is 24.1 Å². The lowest BCUT2D eigenvalue weighted by atomic mass is 10.1. The molecule has 2 rings (SSSR count). The lowest BCUT2D eigenvalue weighted by molar-refractivity contribution is -0.137. The minimum Gasteiger partial charge on any atom is -0.341 e. The highest BCUT2D eigenvalue weighted by Gasteiger charge is 2.32. The first-order valence-corrected chi connectivity index (χ1v) is 7.41. The molecule has 1 atom stereocenters. The van der Waals surface area contributed by atoms with Crippen LogP contribution in [-0.4, -0.2) is 43.1 Å². The minimum absolute atomic E-state index is 0.0999. The Hall–Kier alpha value is -2.45. The molecule has 132 valence electrons. The van der Waals surface area contributed by atoms with Crippen molar-refractivity contribution >= 4 is 12.1 Å². The number of alkyl halides is 3. The number of hydrogen-bond donors (Lipinski definition) is 3. The molecule has 0 radical (unpaired) electrons. The Morgan fingerprint density at radius 2 is 1.79 bits per heavy atom. The molecular formula is C15H19F3N4O2. The number of benzene rings is 1. The lowest BCUT2D eigenvalue weighted by Crippen LogP contribution is -2.63. The Kier molecular flexibility index (Phi) is 5.20. The van der Waals surface area contributed by atoms with E-state index in [1.807, 2.05) is 0 Å². The van der Waals surface area contributed by atoms with Crippen LogP contribution < -0.4 is 16.0 Å². The van der Waals surface area contributed by atoms with E-state index in [0.717, 1.165) is 12.1 Å². The van der Waals surface area contributed by atoms with E-state index in [1.54, 1.807) is 6.92 Å². The van der Waals surface area contributed by atoms with Gasteiger partial charge in [-0.15, -0.1) is 0 Å². The Morgan fingerprint density at radius 1 is 1.21 bits per heavy atom. The number of urea groups is 2. The molecule has 0 aromatic heterocycles. The van der Waals surface area contributed by atoms with Crippen molar-refractivity contribution in [3.8, 4) is 0 Å². The normalized spacial score (nSPS) is 16.1. The molecule has 0 aliphatic carbocycles. The summed E-state index contributed by atoms with van der Waals surface area (Å²) in [5.74, 6) is 0. The lowest BCUT2D eigenvalue weighted by Gasteiger charge is -2.39. The van der Waals surface area contributed by atoms with Crippen LogP contribution in [0.1, 0.15) is 24.1 Å². The van der Waals surface area contributed by atoms with Gasteiger partial charge in [-0.25, -0.2) is 9.59 Å². The first kappa shape index (κ1) is 17.9. The van der Waals surface area contributed by atoms with E-state index in [4.69, 9.17) is 0 Å². The fourth-order valence-electron chi connectivity index (χ4n) is 2.31. The molecule has 0 unspecified atom stereocenters. The molecule has 6 nitrogen and oxygen atoms in total. The zero-order valence-electron chi connectivity index (χ0n) is 13.3. The van der Waals surface area contributed by atoms with E-state index < -0.39 is 17.8 Å². The van der Waals surface area contributed by atoms with Gasteiger partial charge in [-0.1, -0.05) is 12.1 Å². The average Bonchev–Trinajstić information content (AvgIpc) is 2.49. The zero-order chi connectivity index (χ0) is 17.9. The second kappa shape index (κ2) is 6.98. The summed E-state index contributed by atoms with van der Waals surface area (Å²) in [5.41, 5.74) is -0.146. The maximum Gasteiger partial charge on any atom is 0.416 e. The van der Waals surface area contributed by atoms with Gasteiger partial charge in [0.05, 0.1) is 17.6 Å². The molecule has 9 heteroatoms. The van der Waals surface area contributed by atoms with Crippen LogP contribution in [-0.2, 0) is 6.18 Å². The second-order valence-corrected chi connectivity index (χ2v) is 5.62. The fourth-order valence-corrected chi connectivity index (χ4v) is 2.31. The summed E-state index contributed by atoms with van der Waals surface area (Å²) < 4.78 is 37.6. The fraction of sp³-hybridized carbons (Fsp3) is 0.467. The largest absolute Gasteiger partial charge is 0.416 e. The van der Waals surface area contributed by atoms with E-state index in [-0.39, 0.29) is 18.1 Å². The first-order chi connectivity index (χ1) is 11.2. The number of amides is 4. The van der Waals surface area contributed by atoms with Crippen LogP contribution in [0.15, 0.2) is 24.3 Å². The van der Waals surface area contributed by atoms with Crippen LogP contribution in [0.4, 0.5) is 22.8 Å². The van der Waals surface area contributed by atoms with Gasteiger partial charge in [0.25, 0.3) is 0 Å². The second-order valence-electron chi connectivity index (χ2n) is 5.62. The van der Waals surface area contributed by atoms with Gasteiger partial charge in [0.15, 0.2) is 0 Å². The zero-order valence-corrected chi connectivity index (χ0v) is 13.3. The third kappa shape index (κ3) is 4.30. The molecule has 1 aliphatic rings. The van der Waals surface area contributed by atoms with E-state index in [2.05, 4.69) is 16.0 Å². The monoisotopic (exact) mass is 344 g/mol. The van der Waals surface area contributed by atoms with Crippen molar-refractivity contribution < 1.29 is 22.8 Å². The summed E-state index contributed by atoms with van der Waals surface area (Å²) in [4.78, 5) is 24.7. The van der Waals surface area contributed by atoms with Crippen molar-refractivity contribution in [1.29, 1.82) is 0 Å². The molecule has 3 N–H and O–H groups in total. The number of rotatable bonds is 3. The Balaban J connectivity index is 1.83. The molecule has 1 fully saturated rings. The topological polar surface area (TPSA) is 73.5 Å². The van der Waals surface area contributed by atoms with Crippen LogP contribution in [0, 0.1) is 0 Å². The maximum absolute atomic E-state index is 12.5. The van der Waals surface area contributed by atoms with Gasteiger partial charge >= 0.3 is 18.2 Å². The molecule has 4 amide bonds. The van der Waals surface area contributed by atoms with Crippen LogP contribution >= 0.6 is 0 Å². The number of carbonyl (C=O) groups excluding carboxylic acids is 2. The average molecular weight is 344 g/mol. The molecule has 0 saturated carbocycles. The maximum atomic E-state index is 12.5. The van der Waals surface area contributed by atoms with Gasteiger partial charge < -0.3 is 20.9 Å². The van der Waals surface area contributed by atoms with E-state index in [0.29, 0.717) is 18.7 Å². The van der Waals surface area contributed by atoms with Gasteiger partial charge in [-0.3, -0.25) is 0 Å². The van der Waals surface area contributed by atoms with Gasteiger partial charge in [0.2, 0.25) is 0 Å². The highest BCUT2D eigenvalue weighted by atomic mass is 19.4. The van der Waals surface area contributed by atoms with Crippen LogP contribution in [0.5, 0.6) is 0 Å².